The van der Waals surface area contributed by atoms with Gasteiger partial charge in [0.1, 0.15) is 34.7 Å². The summed E-state index contributed by atoms with van der Waals surface area (Å²) in [5.74, 6) is 1.73. The van der Waals surface area contributed by atoms with Gasteiger partial charge in [-0.3, -0.25) is 4.79 Å². The molecule has 0 bridgehead atoms. The van der Waals surface area contributed by atoms with Crippen LogP contribution in [0.1, 0.15) is 47.9 Å². The highest BCUT2D eigenvalue weighted by molar-refractivity contribution is 6.03. The van der Waals surface area contributed by atoms with E-state index < -0.39 is 6.10 Å². The van der Waals surface area contributed by atoms with Gasteiger partial charge in [-0.2, -0.15) is 0 Å². The minimum absolute atomic E-state index is 0.0349. The van der Waals surface area contributed by atoms with E-state index in [4.69, 9.17) is 14.2 Å². The molecule has 142 valence electrons. The van der Waals surface area contributed by atoms with Gasteiger partial charge in [0, 0.05) is 11.6 Å². The van der Waals surface area contributed by atoms with Crippen LogP contribution in [-0.4, -0.2) is 25.1 Å². The smallest absolute Gasteiger partial charge is 0.174 e. The number of Topliss-reactive ketones (excluding diaryl/α,β-unsaturated/α-hetero) is 1. The highest BCUT2D eigenvalue weighted by Gasteiger charge is 2.34. The summed E-state index contributed by atoms with van der Waals surface area (Å²) in [6, 6.07) is 8.47. The maximum absolute atomic E-state index is 12.9. The van der Waals surface area contributed by atoms with Gasteiger partial charge >= 0.3 is 0 Å². The van der Waals surface area contributed by atoms with E-state index in [0.717, 1.165) is 11.1 Å². The van der Waals surface area contributed by atoms with Crippen LogP contribution in [0.4, 0.5) is 0 Å². The molecule has 0 fully saturated rings. The van der Waals surface area contributed by atoms with Crippen molar-refractivity contribution in [3.63, 3.8) is 0 Å². The molecule has 1 atom stereocenters. The zero-order valence-electron chi connectivity index (χ0n) is 16.0. The first-order chi connectivity index (χ1) is 12.9. The van der Waals surface area contributed by atoms with Crippen LogP contribution in [0.3, 0.4) is 0 Å². The molecule has 27 heavy (non-hydrogen) atoms. The lowest BCUT2D eigenvalue weighted by atomic mass is 9.92. The first-order valence-corrected chi connectivity index (χ1v) is 8.84. The second kappa shape index (κ2) is 7.74. The number of phenolic OH excluding ortho intramolecular Hbond substituents is 1. The number of ketones is 1. The van der Waals surface area contributed by atoms with Crippen LogP contribution in [0.25, 0.3) is 0 Å². The van der Waals surface area contributed by atoms with Gasteiger partial charge in [0.15, 0.2) is 5.78 Å². The van der Waals surface area contributed by atoms with E-state index in [1.807, 2.05) is 13.8 Å². The Balaban J connectivity index is 2.12. The molecule has 3 rings (SSSR count). The highest BCUT2D eigenvalue weighted by Crippen LogP contribution is 2.46. The molecule has 0 aromatic heterocycles. The van der Waals surface area contributed by atoms with Gasteiger partial charge in [-0.1, -0.05) is 23.8 Å². The Hall–Kier alpha value is -2.95. The number of hydrogen-bond donors (Lipinski definition) is 1. The van der Waals surface area contributed by atoms with E-state index in [2.05, 4.69) is 6.08 Å². The van der Waals surface area contributed by atoms with Crippen LogP contribution in [0.15, 0.2) is 42.0 Å². The molecule has 0 aliphatic carbocycles. The summed E-state index contributed by atoms with van der Waals surface area (Å²) in [7, 11) is 3.12. The topological polar surface area (TPSA) is 65.0 Å². The molecule has 0 unspecified atom stereocenters. The monoisotopic (exact) mass is 368 g/mol. The second-order valence-corrected chi connectivity index (χ2v) is 6.77. The molecule has 1 aliphatic rings. The van der Waals surface area contributed by atoms with Crippen LogP contribution in [0, 0.1) is 0 Å². The average Bonchev–Trinajstić information content (AvgIpc) is 2.65. The maximum atomic E-state index is 12.9. The van der Waals surface area contributed by atoms with Gasteiger partial charge in [-0.25, -0.2) is 0 Å². The van der Waals surface area contributed by atoms with Crippen molar-refractivity contribution < 1.29 is 24.1 Å². The number of ether oxygens (including phenoxy) is 3. The van der Waals surface area contributed by atoms with Crippen LogP contribution < -0.4 is 14.2 Å². The summed E-state index contributed by atoms with van der Waals surface area (Å²) in [6.07, 6.45) is 2.45. The summed E-state index contributed by atoms with van der Waals surface area (Å²) >= 11 is 0. The number of carbonyl (C=O) groups excluding carboxylic acids is 1. The molecule has 0 spiro atoms. The van der Waals surface area contributed by atoms with E-state index in [9.17, 15) is 9.90 Å². The quantitative estimate of drug-likeness (QED) is 0.780. The zero-order valence-corrected chi connectivity index (χ0v) is 16.0. The summed E-state index contributed by atoms with van der Waals surface area (Å²) in [5, 5.41) is 9.52. The van der Waals surface area contributed by atoms with Crippen LogP contribution in [-0.2, 0) is 6.42 Å². The number of hydrogen-bond acceptors (Lipinski definition) is 5. The zero-order chi connectivity index (χ0) is 19.6. The van der Waals surface area contributed by atoms with Crippen molar-refractivity contribution in [3.05, 3.63) is 58.7 Å². The molecule has 1 heterocycles. The highest BCUT2D eigenvalue weighted by atomic mass is 16.5. The third-order valence-corrected chi connectivity index (χ3v) is 4.64. The Morgan fingerprint density at radius 3 is 2.44 bits per heavy atom. The fourth-order valence-corrected chi connectivity index (χ4v) is 3.22. The van der Waals surface area contributed by atoms with Crippen LogP contribution in [0.5, 0.6) is 23.0 Å². The summed E-state index contributed by atoms with van der Waals surface area (Å²) in [4.78, 5) is 12.9. The molecule has 0 radical (unpaired) electrons. The largest absolute Gasteiger partial charge is 0.508 e. The Kier molecular flexibility index (Phi) is 5.40. The minimum Gasteiger partial charge on any atom is -0.508 e. The maximum Gasteiger partial charge on any atom is 0.174 e. The number of methoxy groups -OCH3 is 2. The molecule has 5 nitrogen and oxygen atoms in total. The van der Waals surface area contributed by atoms with E-state index in [0.29, 0.717) is 29.2 Å². The van der Waals surface area contributed by atoms with Crippen molar-refractivity contribution in [2.75, 3.05) is 14.2 Å². The molecule has 1 N–H and O–H groups in total. The number of aromatic hydroxyl groups is 1. The number of benzene rings is 2. The third-order valence-electron chi connectivity index (χ3n) is 4.64. The van der Waals surface area contributed by atoms with Crippen molar-refractivity contribution in [1.82, 2.24) is 0 Å². The third kappa shape index (κ3) is 3.77. The number of fused-ring (bicyclic) bond motifs is 1. The molecular formula is C22H24O5. The molecular weight excluding hydrogens is 344 g/mol. The standard InChI is InChI=1S/C22H24O5/c1-13(2)5-10-16-19(25-3)12-20(26-4)21-17(24)11-18(27-22(16)21)14-6-8-15(23)9-7-14/h5-9,12,18,23H,10-11H2,1-4H3/t18-/m0/s1. The number of allylic oxidation sites excluding steroid dienone is 2. The summed E-state index contributed by atoms with van der Waals surface area (Å²) in [6.45, 7) is 4.04. The predicted molar refractivity (Wildman–Crippen MR) is 103 cm³/mol. The van der Waals surface area contributed by atoms with Crippen LogP contribution >= 0.6 is 0 Å². The fourth-order valence-electron chi connectivity index (χ4n) is 3.22. The van der Waals surface area contributed by atoms with Gasteiger partial charge in [-0.15, -0.1) is 0 Å². The first-order valence-electron chi connectivity index (χ1n) is 8.84. The van der Waals surface area contributed by atoms with E-state index >= 15 is 0 Å². The normalized spacial score (nSPS) is 15.6. The molecule has 2 aromatic rings. The number of carbonyl (C=O) groups is 1. The van der Waals surface area contributed by atoms with Crippen molar-refractivity contribution in [2.24, 2.45) is 0 Å². The predicted octanol–water partition coefficient (Wildman–Crippen LogP) is 4.62. The van der Waals surface area contributed by atoms with Gasteiger partial charge < -0.3 is 19.3 Å². The second-order valence-electron chi connectivity index (χ2n) is 6.77. The molecule has 0 amide bonds. The number of phenols is 1. The van der Waals surface area contributed by atoms with Crippen molar-refractivity contribution >= 4 is 5.78 Å². The Morgan fingerprint density at radius 2 is 1.85 bits per heavy atom. The van der Waals surface area contributed by atoms with Gasteiger partial charge in [-0.05, 0) is 38.0 Å². The lowest BCUT2D eigenvalue weighted by molar-refractivity contribution is 0.0842. The fraction of sp³-hybridized carbons (Fsp3) is 0.318. The van der Waals surface area contributed by atoms with Crippen LogP contribution in [0.2, 0.25) is 0 Å². The first kappa shape index (κ1) is 18.8. The van der Waals surface area contributed by atoms with E-state index in [1.54, 1.807) is 37.4 Å². The molecule has 0 saturated carbocycles. The average molecular weight is 368 g/mol. The lowest BCUT2D eigenvalue weighted by Gasteiger charge is -2.29. The van der Waals surface area contributed by atoms with Crippen molar-refractivity contribution in [1.29, 1.82) is 0 Å². The van der Waals surface area contributed by atoms with E-state index in [-0.39, 0.29) is 18.0 Å². The Labute approximate surface area is 159 Å². The molecule has 0 saturated heterocycles. The van der Waals surface area contributed by atoms with Gasteiger partial charge in [0.2, 0.25) is 0 Å². The Morgan fingerprint density at radius 1 is 1.19 bits per heavy atom. The van der Waals surface area contributed by atoms with Gasteiger partial charge in [0.25, 0.3) is 0 Å². The molecule has 5 heteroatoms. The number of rotatable bonds is 5. The van der Waals surface area contributed by atoms with Crippen molar-refractivity contribution in [3.8, 4) is 23.0 Å². The van der Waals surface area contributed by atoms with Crippen molar-refractivity contribution in [2.45, 2.75) is 32.8 Å². The SMILES string of the molecule is COc1cc(OC)c2c(c1CC=C(C)C)O[C@H](c1ccc(O)cc1)CC2=O. The minimum atomic E-state index is -0.423. The molecule has 1 aliphatic heterocycles. The Bertz CT molecular complexity index is 877. The summed E-state index contributed by atoms with van der Waals surface area (Å²) < 4.78 is 17.3. The van der Waals surface area contributed by atoms with Gasteiger partial charge in [0.05, 0.1) is 20.6 Å². The van der Waals surface area contributed by atoms with E-state index in [1.165, 1.54) is 12.7 Å². The molecule has 2 aromatic carbocycles. The lowest BCUT2D eigenvalue weighted by Crippen LogP contribution is -2.22. The summed E-state index contributed by atoms with van der Waals surface area (Å²) in [5.41, 5.74) is 3.29.